The Morgan fingerprint density at radius 3 is 2.50 bits per heavy atom. The molecule has 3 rings (SSSR count). The van der Waals surface area contributed by atoms with E-state index in [9.17, 15) is 13.2 Å². The summed E-state index contributed by atoms with van der Waals surface area (Å²) >= 11 is 0. The van der Waals surface area contributed by atoms with Crippen molar-refractivity contribution in [2.45, 2.75) is 24.9 Å². The predicted octanol–water partition coefficient (Wildman–Crippen LogP) is 5.56. The minimum Gasteiger partial charge on any atom is -0.493 e. The van der Waals surface area contributed by atoms with Gasteiger partial charge in [-0.2, -0.15) is 13.2 Å². The second-order valence-electron chi connectivity index (χ2n) is 7.83. The van der Waals surface area contributed by atoms with Crippen LogP contribution in [0.15, 0.2) is 55.1 Å². The summed E-state index contributed by atoms with van der Waals surface area (Å²) in [5.74, 6) is 1.65. The van der Waals surface area contributed by atoms with Crippen LogP contribution in [0.25, 0.3) is 0 Å². The molecule has 2 unspecified atom stereocenters. The molecule has 0 bridgehead atoms. The van der Waals surface area contributed by atoms with Crippen molar-refractivity contribution >= 4 is 0 Å². The smallest absolute Gasteiger partial charge is 0.416 e. The zero-order valence-corrected chi connectivity index (χ0v) is 17.4. The van der Waals surface area contributed by atoms with Crippen LogP contribution in [0.1, 0.15) is 29.0 Å². The first-order valence-corrected chi connectivity index (χ1v) is 10.1. The first-order valence-electron chi connectivity index (χ1n) is 10.1. The molecule has 1 aliphatic rings. The van der Waals surface area contributed by atoms with Crippen LogP contribution >= 0.6 is 0 Å². The van der Waals surface area contributed by atoms with Gasteiger partial charge in [-0.15, -0.1) is 6.58 Å². The molecule has 3 nitrogen and oxygen atoms in total. The maximum Gasteiger partial charge on any atom is 0.416 e. The molecule has 2 aromatic carbocycles. The molecule has 6 heteroatoms. The van der Waals surface area contributed by atoms with Gasteiger partial charge in [0.25, 0.3) is 0 Å². The summed E-state index contributed by atoms with van der Waals surface area (Å²) < 4.78 is 50.3. The molecule has 1 aliphatic heterocycles. The van der Waals surface area contributed by atoms with E-state index < -0.39 is 11.7 Å². The van der Waals surface area contributed by atoms with E-state index in [1.807, 2.05) is 24.3 Å². The minimum atomic E-state index is -4.32. The van der Waals surface area contributed by atoms with Crippen LogP contribution in [0, 0.1) is 5.92 Å². The fourth-order valence-corrected chi connectivity index (χ4v) is 4.06. The largest absolute Gasteiger partial charge is 0.493 e. The van der Waals surface area contributed by atoms with Gasteiger partial charge in [0, 0.05) is 12.5 Å². The minimum absolute atomic E-state index is 0.148. The molecule has 0 saturated carbocycles. The molecular formula is C24H28F3NO2. The number of likely N-dealkylation sites (tertiary alicyclic amines) is 1. The van der Waals surface area contributed by atoms with E-state index in [-0.39, 0.29) is 11.8 Å². The van der Waals surface area contributed by atoms with Crippen LogP contribution in [0.2, 0.25) is 0 Å². The number of ether oxygens (including phenoxy) is 2. The zero-order chi connectivity index (χ0) is 21.7. The van der Waals surface area contributed by atoms with Gasteiger partial charge < -0.3 is 14.4 Å². The van der Waals surface area contributed by atoms with Crippen molar-refractivity contribution in [2.75, 3.05) is 33.9 Å². The van der Waals surface area contributed by atoms with Crippen molar-refractivity contribution in [2.24, 2.45) is 5.92 Å². The van der Waals surface area contributed by atoms with Gasteiger partial charge in [0.2, 0.25) is 0 Å². The van der Waals surface area contributed by atoms with Gasteiger partial charge in [-0.3, -0.25) is 0 Å². The SMILES string of the molecule is C=CCc1ccc(OCC2CN(C)CCC2c2ccc(C(F)(F)F)cc2)c(OC)c1. The van der Waals surface area contributed by atoms with Crippen LogP contribution in [-0.4, -0.2) is 38.8 Å². The van der Waals surface area contributed by atoms with Crippen molar-refractivity contribution in [1.82, 2.24) is 4.90 Å². The number of allylic oxidation sites excluding steroid dienone is 1. The zero-order valence-electron chi connectivity index (χ0n) is 17.4. The van der Waals surface area contributed by atoms with Crippen molar-refractivity contribution in [3.8, 4) is 11.5 Å². The van der Waals surface area contributed by atoms with Gasteiger partial charge >= 0.3 is 6.18 Å². The standard InChI is InChI=1S/C24H28F3NO2/c1-4-5-17-6-11-22(23(14-17)29-3)30-16-19-15-28(2)13-12-21(19)18-7-9-20(10-8-18)24(25,26)27/h4,6-11,14,19,21H,1,5,12-13,15-16H2,2-3H3. The second kappa shape index (κ2) is 9.56. The topological polar surface area (TPSA) is 21.7 Å². The molecule has 1 saturated heterocycles. The Balaban J connectivity index is 1.75. The van der Waals surface area contributed by atoms with Crippen molar-refractivity contribution in [1.29, 1.82) is 0 Å². The van der Waals surface area contributed by atoms with E-state index in [2.05, 4.69) is 18.5 Å². The number of rotatable bonds is 7. The summed E-state index contributed by atoms with van der Waals surface area (Å²) in [5, 5.41) is 0. The summed E-state index contributed by atoms with van der Waals surface area (Å²) in [6, 6.07) is 11.4. The molecule has 30 heavy (non-hydrogen) atoms. The van der Waals surface area contributed by atoms with Gasteiger partial charge in [0.1, 0.15) is 0 Å². The maximum atomic E-state index is 12.9. The highest BCUT2D eigenvalue weighted by Gasteiger charge is 2.33. The summed E-state index contributed by atoms with van der Waals surface area (Å²) in [7, 11) is 3.67. The molecule has 0 amide bonds. The number of piperidine rings is 1. The van der Waals surface area contributed by atoms with Crippen LogP contribution in [0.5, 0.6) is 11.5 Å². The molecule has 162 valence electrons. The molecule has 0 aliphatic carbocycles. The normalized spacial score (nSPS) is 20.0. The molecule has 0 radical (unpaired) electrons. The lowest BCUT2D eigenvalue weighted by Crippen LogP contribution is -2.39. The average Bonchev–Trinajstić information content (AvgIpc) is 2.72. The van der Waals surface area contributed by atoms with Crippen LogP contribution in [0.4, 0.5) is 13.2 Å². The molecule has 0 aromatic heterocycles. The third-order valence-corrected chi connectivity index (χ3v) is 5.66. The highest BCUT2D eigenvalue weighted by molar-refractivity contribution is 5.43. The quantitative estimate of drug-likeness (QED) is 0.549. The fraction of sp³-hybridized carbons (Fsp3) is 0.417. The lowest BCUT2D eigenvalue weighted by atomic mass is 9.81. The molecule has 1 fully saturated rings. The fourth-order valence-electron chi connectivity index (χ4n) is 4.06. The van der Waals surface area contributed by atoms with E-state index in [0.29, 0.717) is 18.1 Å². The Morgan fingerprint density at radius 1 is 1.13 bits per heavy atom. The molecule has 2 aromatic rings. The van der Waals surface area contributed by atoms with Gasteiger partial charge in [-0.1, -0.05) is 24.3 Å². The number of alkyl halides is 3. The number of hydrogen-bond donors (Lipinski definition) is 0. The molecule has 1 heterocycles. The van der Waals surface area contributed by atoms with Gasteiger partial charge in [-0.05, 0) is 67.7 Å². The Hall–Kier alpha value is -2.47. The van der Waals surface area contributed by atoms with Crippen molar-refractivity contribution < 1.29 is 22.6 Å². The first kappa shape index (κ1) is 22.2. The molecule has 0 spiro atoms. The van der Waals surface area contributed by atoms with Crippen LogP contribution < -0.4 is 9.47 Å². The highest BCUT2D eigenvalue weighted by Crippen LogP contribution is 2.36. The van der Waals surface area contributed by atoms with Gasteiger partial charge in [-0.25, -0.2) is 0 Å². The van der Waals surface area contributed by atoms with Crippen LogP contribution in [-0.2, 0) is 12.6 Å². The van der Waals surface area contributed by atoms with Gasteiger partial charge in [0.15, 0.2) is 11.5 Å². The van der Waals surface area contributed by atoms with E-state index >= 15 is 0 Å². The van der Waals surface area contributed by atoms with Crippen molar-refractivity contribution in [3.63, 3.8) is 0 Å². The Morgan fingerprint density at radius 2 is 1.87 bits per heavy atom. The second-order valence-corrected chi connectivity index (χ2v) is 7.83. The molecule has 2 atom stereocenters. The summed E-state index contributed by atoms with van der Waals surface area (Å²) in [6.07, 6.45) is -0.852. The van der Waals surface area contributed by atoms with E-state index in [4.69, 9.17) is 9.47 Å². The maximum absolute atomic E-state index is 12.9. The molecule has 0 N–H and O–H groups in total. The number of methoxy groups -OCH3 is 1. The monoisotopic (exact) mass is 419 g/mol. The van der Waals surface area contributed by atoms with Crippen molar-refractivity contribution in [3.05, 3.63) is 71.8 Å². The lowest BCUT2D eigenvalue weighted by Gasteiger charge is -2.37. The van der Waals surface area contributed by atoms with Gasteiger partial charge in [0.05, 0.1) is 19.3 Å². The summed E-state index contributed by atoms with van der Waals surface area (Å²) in [5.41, 5.74) is 1.41. The third-order valence-electron chi connectivity index (χ3n) is 5.66. The van der Waals surface area contributed by atoms with E-state index in [1.165, 1.54) is 12.1 Å². The number of benzene rings is 2. The number of hydrogen-bond acceptors (Lipinski definition) is 3. The third kappa shape index (κ3) is 5.36. The molecular weight excluding hydrogens is 391 g/mol. The van der Waals surface area contributed by atoms with Crippen LogP contribution in [0.3, 0.4) is 0 Å². The first-order chi connectivity index (χ1) is 14.3. The summed E-state index contributed by atoms with van der Waals surface area (Å²) in [4.78, 5) is 2.24. The van der Waals surface area contributed by atoms with E-state index in [1.54, 1.807) is 19.2 Å². The highest BCUT2D eigenvalue weighted by atomic mass is 19.4. The Kier molecular flexibility index (Phi) is 7.08. The number of nitrogens with zero attached hydrogens (tertiary/aromatic N) is 1. The Bertz CT molecular complexity index is 849. The lowest BCUT2D eigenvalue weighted by molar-refractivity contribution is -0.137. The van der Waals surface area contributed by atoms with E-state index in [0.717, 1.165) is 37.1 Å². The average molecular weight is 419 g/mol. The predicted molar refractivity (Wildman–Crippen MR) is 112 cm³/mol. The Labute approximate surface area is 176 Å². The number of halogens is 3. The summed E-state index contributed by atoms with van der Waals surface area (Å²) in [6.45, 7) is 5.95.